The number of hydrogen-bond acceptors (Lipinski definition) is 5. The molecule has 1 aliphatic rings. The topological polar surface area (TPSA) is 71.9 Å². The van der Waals surface area contributed by atoms with E-state index in [1.807, 2.05) is 0 Å². The molecule has 0 unspecified atom stereocenters. The Labute approximate surface area is 141 Å². The minimum absolute atomic E-state index is 0.0138. The highest BCUT2D eigenvalue weighted by molar-refractivity contribution is 6.07. The maximum Gasteiger partial charge on any atom is 0.259 e. The molecule has 8 heteroatoms. The van der Waals surface area contributed by atoms with Crippen LogP contribution in [-0.4, -0.2) is 32.4 Å². The molecule has 124 valence electrons. The van der Waals surface area contributed by atoms with Gasteiger partial charge in [0.25, 0.3) is 5.91 Å². The maximum absolute atomic E-state index is 13.9. The fourth-order valence-corrected chi connectivity index (χ4v) is 2.76. The van der Waals surface area contributed by atoms with E-state index in [0.29, 0.717) is 11.6 Å². The van der Waals surface area contributed by atoms with Crippen LogP contribution in [0.15, 0.2) is 42.9 Å². The summed E-state index contributed by atoms with van der Waals surface area (Å²) in [4.78, 5) is 30.6. The number of carbonyl (C=O) groups is 1. The Morgan fingerprint density at radius 1 is 1.00 bits per heavy atom. The van der Waals surface area contributed by atoms with E-state index >= 15 is 0 Å². The monoisotopic (exact) mass is 339 g/mol. The Hall–Kier alpha value is -3.29. The average Bonchev–Trinajstić information content (AvgIpc) is 2.63. The minimum atomic E-state index is -0.785. The van der Waals surface area contributed by atoms with Crippen LogP contribution in [0.1, 0.15) is 15.9 Å². The third-order valence-electron chi connectivity index (χ3n) is 3.90. The molecule has 3 aromatic rings. The number of fused-ring (bicyclic) bond motifs is 1. The molecule has 0 fully saturated rings. The molecule has 0 saturated heterocycles. The van der Waals surface area contributed by atoms with Gasteiger partial charge in [-0.1, -0.05) is 0 Å². The maximum atomic E-state index is 13.9. The average molecular weight is 339 g/mol. The van der Waals surface area contributed by atoms with Crippen molar-refractivity contribution in [2.45, 2.75) is 6.42 Å². The van der Waals surface area contributed by atoms with Gasteiger partial charge < -0.3 is 0 Å². The molecule has 25 heavy (non-hydrogen) atoms. The number of amides is 1. The Morgan fingerprint density at radius 2 is 1.76 bits per heavy atom. The lowest BCUT2D eigenvalue weighted by Gasteiger charge is -2.28. The molecule has 0 N–H and O–H groups in total. The van der Waals surface area contributed by atoms with Gasteiger partial charge in [0.05, 0.1) is 0 Å². The first kappa shape index (κ1) is 15.3. The Kier molecular flexibility index (Phi) is 3.64. The van der Waals surface area contributed by atoms with Crippen molar-refractivity contribution in [1.29, 1.82) is 0 Å². The summed E-state index contributed by atoms with van der Waals surface area (Å²) in [7, 11) is 0. The molecule has 1 aromatic carbocycles. The van der Waals surface area contributed by atoms with Crippen molar-refractivity contribution < 1.29 is 13.6 Å². The summed E-state index contributed by atoms with van der Waals surface area (Å²) in [6.45, 7) is 0.237. The van der Waals surface area contributed by atoms with Gasteiger partial charge in [-0.15, -0.1) is 0 Å². The van der Waals surface area contributed by atoms with Crippen molar-refractivity contribution >= 4 is 11.7 Å². The number of aromatic nitrogens is 4. The number of anilines is 1. The highest BCUT2D eigenvalue weighted by Gasteiger charge is 2.29. The van der Waals surface area contributed by atoms with Crippen LogP contribution in [0.4, 0.5) is 14.6 Å². The molecule has 0 aliphatic carbocycles. The van der Waals surface area contributed by atoms with Gasteiger partial charge in [-0.05, 0) is 24.6 Å². The Balaban J connectivity index is 1.73. The van der Waals surface area contributed by atoms with E-state index in [4.69, 9.17) is 0 Å². The predicted octanol–water partition coefficient (Wildman–Crippen LogP) is 2.41. The smallest absolute Gasteiger partial charge is 0.259 e. The standard InChI is InChI=1S/C17H11F2N5O/c18-10-8-12-11(13(19)9-10)3-7-24(17(12)25)14-2-6-22-16(23-14)15-20-4-1-5-21-15/h1-2,4-6,8-9H,3,7H2. The van der Waals surface area contributed by atoms with Gasteiger partial charge in [0.1, 0.15) is 17.5 Å². The molecule has 3 heterocycles. The molecule has 4 rings (SSSR count). The van der Waals surface area contributed by atoms with Crippen molar-refractivity contribution in [3.8, 4) is 11.6 Å². The highest BCUT2D eigenvalue weighted by atomic mass is 19.1. The van der Waals surface area contributed by atoms with Gasteiger partial charge in [0.2, 0.25) is 0 Å². The molecule has 0 spiro atoms. The third-order valence-corrected chi connectivity index (χ3v) is 3.90. The number of benzene rings is 1. The van der Waals surface area contributed by atoms with E-state index in [9.17, 15) is 13.6 Å². The largest absolute Gasteiger partial charge is 0.292 e. The normalized spacial score (nSPS) is 13.7. The second-order valence-electron chi connectivity index (χ2n) is 5.43. The molecule has 6 nitrogen and oxygen atoms in total. The quantitative estimate of drug-likeness (QED) is 0.717. The second-order valence-corrected chi connectivity index (χ2v) is 5.43. The molecule has 0 radical (unpaired) electrons. The molecule has 0 atom stereocenters. The first-order chi connectivity index (χ1) is 12.1. The van der Waals surface area contributed by atoms with Crippen molar-refractivity contribution in [2.75, 3.05) is 11.4 Å². The van der Waals surface area contributed by atoms with E-state index in [1.165, 1.54) is 11.1 Å². The van der Waals surface area contributed by atoms with Crippen LogP contribution in [-0.2, 0) is 6.42 Å². The molecule has 0 bridgehead atoms. The predicted molar refractivity (Wildman–Crippen MR) is 84.8 cm³/mol. The lowest BCUT2D eigenvalue weighted by atomic mass is 9.98. The van der Waals surface area contributed by atoms with Gasteiger partial charge in [0.15, 0.2) is 11.6 Å². The zero-order chi connectivity index (χ0) is 17.4. The van der Waals surface area contributed by atoms with Crippen LogP contribution >= 0.6 is 0 Å². The lowest BCUT2D eigenvalue weighted by molar-refractivity contribution is 0.0978. The van der Waals surface area contributed by atoms with E-state index in [-0.39, 0.29) is 29.9 Å². The third kappa shape index (κ3) is 2.71. The molecule has 1 amide bonds. The van der Waals surface area contributed by atoms with Gasteiger partial charge in [0, 0.05) is 42.3 Å². The van der Waals surface area contributed by atoms with Crippen molar-refractivity contribution in [1.82, 2.24) is 19.9 Å². The molecular formula is C17H11F2N5O. The number of hydrogen-bond donors (Lipinski definition) is 0. The van der Waals surface area contributed by atoms with E-state index in [0.717, 1.165) is 12.1 Å². The first-order valence-electron chi connectivity index (χ1n) is 7.54. The molecule has 1 aliphatic heterocycles. The van der Waals surface area contributed by atoms with Crippen LogP contribution in [0.25, 0.3) is 11.6 Å². The van der Waals surface area contributed by atoms with Gasteiger partial charge >= 0.3 is 0 Å². The van der Waals surface area contributed by atoms with Crippen LogP contribution < -0.4 is 4.90 Å². The molecular weight excluding hydrogens is 328 g/mol. The lowest BCUT2D eigenvalue weighted by Crippen LogP contribution is -2.38. The van der Waals surface area contributed by atoms with Crippen molar-refractivity contribution in [3.05, 3.63) is 65.6 Å². The summed E-state index contributed by atoms with van der Waals surface area (Å²) in [6, 6.07) is 5.07. The van der Waals surface area contributed by atoms with Gasteiger partial charge in [-0.25, -0.2) is 28.7 Å². The summed E-state index contributed by atoms with van der Waals surface area (Å²) in [5.74, 6) is -1.07. The minimum Gasteiger partial charge on any atom is -0.292 e. The zero-order valence-electron chi connectivity index (χ0n) is 12.9. The highest BCUT2D eigenvalue weighted by Crippen LogP contribution is 2.26. The van der Waals surface area contributed by atoms with Crippen LogP contribution in [0.3, 0.4) is 0 Å². The van der Waals surface area contributed by atoms with Crippen LogP contribution in [0.2, 0.25) is 0 Å². The van der Waals surface area contributed by atoms with E-state index < -0.39 is 17.5 Å². The Morgan fingerprint density at radius 3 is 2.56 bits per heavy atom. The number of carbonyl (C=O) groups excluding carboxylic acids is 1. The number of nitrogens with zero attached hydrogens (tertiary/aromatic N) is 5. The fourth-order valence-electron chi connectivity index (χ4n) is 2.76. The van der Waals surface area contributed by atoms with Gasteiger partial charge in [-0.2, -0.15) is 0 Å². The molecule has 0 saturated carbocycles. The Bertz CT molecular complexity index is 965. The van der Waals surface area contributed by atoms with Crippen LogP contribution in [0.5, 0.6) is 0 Å². The zero-order valence-corrected chi connectivity index (χ0v) is 12.9. The summed E-state index contributed by atoms with van der Waals surface area (Å²) in [5.41, 5.74) is 0.239. The number of halogens is 2. The van der Waals surface area contributed by atoms with Crippen molar-refractivity contribution in [2.24, 2.45) is 0 Å². The van der Waals surface area contributed by atoms with Crippen LogP contribution in [0, 0.1) is 11.6 Å². The second kappa shape index (κ2) is 5.97. The number of rotatable bonds is 2. The summed E-state index contributed by atoms with van der Waals surface area (Å²) < 4.78 is 27.4. The van der Waals surface area contributed by atoms with Gasteiger partial charge in [-0.3, -0.25) is 9.69 Å². The van der Waals surface area contributed by atoms with E-state index in [2.05, 4.69) is 19.9 Å². The fraction of sp³-hybridized carbons (Fsp3) is 0.118. The summed E-state index contributed by atoms with van der Waals surface area (Å²) in [5, 5.41) is 0. The summed E-state index contributed by atoms with van der Waals surface area (Å²) in [6.07, 6.45) is 4.88. The van der Waals surface area contributed by atoms with Crippen molar-refractivity contribution in [3.63, 3.8) is 0 Å². The summed E-state index contributed by atoms with van der Waals surface area (Å²) >= 11 is 0. The SMILES string of the molecule is O=C1c2cc(F)cc(F)c2CCN1c1ccnc(-c2ncccn2)n1. The first-order valence-corrected chi connectivity index (χ1v) is 7.54. The molecule has 2 aromatic heterocycles. The van der Waals surface area contributed by atoms with E-state index in [1.54, 1.807) is 24.5 Å².